The molecule has 1 aromatic rings. The lowest BCUT2D eigenvalue weighted by Gasteiger charge is -2.17. The minimum atomic E-state index is 0.595. The van der Waals surface area contributed by atoms with Crippen molar-refractivity contribution in [3.63, 3.8) is 0 Å². The second-order valence-corrected chi connectivity index (χ2v) is 5.19. The Morgan fingerprint density at radius 1 is 1.18 bits per heavy atom. The Hall–Kier alpha value is -0.860. The zero-order valence-electron chi connectivity index (χ0n) is 11.7. The minimum absolute atomic E-state index is 0.595. The van der Waals surface area contributed by atoms with E-state index in [9.17, 15) is 0 Å². The van der Waals surface area contributed by atoms with Gasteiger partial charge in [0, 0.05) is 12.6 Å². The Labute approximate surface area is 106 Å². The van der Waals surface area contributed by atoms with Crippen LogP contribution in [0.5, 0.6) is 0 Å². The molecule has 0 spiro atoms. The first-order chi connectivity index (χ1) is 8.08. The molecule has 96 valence electrons. The first-order valence-corrected chi connectivity index (χ1v) is 6.55. The summed E-state index contributed by atoms with van der Waals surface area (Å²) in [5.74, 6) is 0. The lowest BCUT2D eigenvalue weighted by molar-refractivity contribution is 0.318. The molecule has 2 nitrogen and oxygen atoms in total. The molecular formula is C15H26N2. The summed E-state index contributed by atoms with van der Waals surface area (Å²) in [5, 5.41) is 3.45. The standard InChI is InChI=1S/C15H26N2/c1-13(2)16-10-5-11-17(4)12-15-8-6-14(3)7-9-15/h6-9,13,16H,5,10-12H2,1-4H3. The van der Waals surface area contributed by atoms with Gasteiger partial charge in [-0.1, -0.05) is 43.7 Å². The number of rotatable bonds is 7. The van der Waals surface area contributed by atoms with E-state index in [-0.39, 0.29) is 0 Å². The van der Waals surface area contributed by atoms with Crippen molar-refractivity contribution in [1.29, 1.82) is 0 Å². The number of nitrogens with one attached hydrogen (secondary N) is 1. The fourth-order valence-corrected chi connectivity index (χ4v) is 1.82. The van der Waals surface area contributed by atoms with Crippen molar-refractivity contribution in [2.24, 2.45) is 0 Å². The fraction of sp³-hybridized carbons (Fsp3) is 0.600. The summed E-state index contributed by atoms with van der Waals surface area (Å²) in [6.45, 7) is 9.81. The molecule has 1 aromatic carbocycles. The first-order valence-electron chi connectivity index (χ1n) is 6.55. The molecule has 17 heavy (non-hydrogen) atoms. The van der Waals surface area contributed by atoms with Gasteiger partial charge >= 0.3 is 0 Å². The molecule has 0 heterocycles. The summed E-state index contributed by atoms with van der Waals surface area (Å²) < 4.78 is 0. The number of benzene rings is 1. The Balaban J connectivity index is 2.20. The minimum Gasteiger partial charge on any atom is -0.314 e. The van der Waals surface area contributed by atoms with Crippen LogP contribution in [0.25, 0.3) is 0 Å². The van der Waals surface area contributed by atoms with E-state index >= 15 is 0 Å². The molecule has 0 aliphatic heterocycles. The van der Waals surface area contributed by atoms with Gasteiger partial charge in [-0.15, -0.1) is 0 Å². The zero-order chi connectivity index (χ0) is 12.7. The van der Waals surface area contributed by atoms with E-state index in [0.717, 1.165) is 19.6 Å². The maximum absolute atomic E-state index is 3.45. The second-order valence-electron chi connectivity index (χ2n) is 5.19. The van der Waals surface area contributed by atoms with Gasteiger partial charge in [0.1, 0.15) is 0 Å². The van der Waals surface area contributed by atoms with E-state index in [1.165, 1.54) is 17.5 Å². The van der Waals surface area contributed by atoms with E-state index in [1.807, 2.05) is 0 Å². The van der Waals surface area contributed by atoms with Crippen LogP contribution in [0, 0.1) is 6.92 Å². The summed E-state index contributed by atoms with van der Waals surface area (Å²) in [6, 6.07) is 9.40. The average Bonchev–Trinajstić information content (AvgIpc) is 2.27. The van der Waals surface area contributed by atoms with Crippen LogP contribution in [0.1, 0.15) is 31.4 Å². The van der Waals surface area contributed by atoms with E-state index in [4.69, 9.17) is 0 Å². The highest BCUT2D eigenvalue weighted by Gasteiger charge is 2.00. The highest BCUT2D eigenvalue weighted by Crippen LogP contribution is 2.05. The largest absolute Gasteiger partial charge is 0.314 e. The zero-order valence-corrected chi connectivity index (χ0v) is 11.7. The monoisotopic (exact) mass is 234 g/mol. The van der Waals surface area contributed by atoms with Crippen LogP contribution in [0.2, 0.25) is 0 Å². The molecule has 1 N–H and O–H groups in total. The fourth-order valence-electron chi connectivity index (χ4n) is 1.82. The van der Waals surface area contributed by atoms with Crippen molar-refractivity contribution in [3.05, 3.63) is 35.4 Å². The number of nitrogens with zero attached hydrogens (tertiary/aromatic N) is 1. The summed E-state index contributed by atoms with van der Waals surface area (Å²) in [7, 11) is 2.19. The van der Waals surface area contributed by atoms with Crippen molar-refractivity contribution < 1.29 is 0 Å². The Kier molecular flexibility index (Phi) is 6.23. The molecule has 0 unspecified atom stereocenters. The molecule has 0 saturated carbocycles. The van der Waals surface area contributed by atoms with Gasteiger partial charge in [-0.25, -0.2) is 0 Å². The van der Waals surface area contributed by atoms with Gasteiger partial charge in [-0.3, -0.25) is 0 Å². The smallest absolute Gasteiger partial charge is 0.0230 e. The van der Waals surface area contributed by atoms with Crippen LogP contribution in [0.4, 0.5) is 0 Å². The van der Waals surface area contributed by atoms with Gasteiger partial charge in [0.2, 0.25) is 0 Å². The molecule has 0 atom stereocenters. The van der Waals surface area contributed by atoms with Crippen molar-refractivity contribution in [3.8, 4) is 0 Å². The number of hydrogen-bond donors (Lipinski definition) is 1. The first kappa shape index (κ1) is 14.2. The third-order valence-electron chi connectivity index (χ3n) is 2.84. The van der Waals surface area contributed by atoms with Gasteiger partial charge in [0.25, 0.3) is 0 Å². The Morgan fingerprint density at radius 2 is 1.82 bits per heavy atom. The topological polar surface area (TPSA) is 15.3 Å². The highest BCUT2D eigenvalue weighted by molar-refractivity contribution is 5.21. The van der Waals surface area contributed by atoms with Gasteiger partial charge in [-0.05, 0) is 39.0 Å². The van der Waals surface area contributed by atoms with Crippen molar-refractivity contribution in [2.45, 2.75) is 39.8 Å². The Bertz CT molecular complexity index is 303. The van der Waals surface area contributed by atoms with Gasteiger partial charge in [0.05, 0.1) is 0 Å². The second kappa shape index (κ2) is 7.46. The van der Waals surface area contributed by atoms with Crippen molar-refractivity contribution in [1.82, 2.24) is 10.2 Å². The van der Waals surface area contributed by atoms with E-state index in [0.29, 0.717) is 6.04 Å². The van der Waals surface area contributed by atoms with Crippen LogP contribution in [0.15, 0.2) is 24.3 Å². The van der Waals surface area contributed by atoms with Crippen molar-refractivity contribution >= 4 is 0 Å². The molecule has 0 aromatic heterocycles. The molecule has 0 bridgehead atoms. The maximum atomic E-state index is 3.45. The molecule has 0 radical (unpaired) electrons. The SMILES string of the molecule is Cc1ccc(CN(C)CCCNC(C)C)cc1. The molecule has 2 heteroatoms. The average molecular weight is 234 g/mol. The normalized spacial score (nSPS) is 11.4. The van der Waals surface area contributed by atoms with Crippen LogP contribution in [-0.4, -0.2) is 31.1 Å². The van der Waals surface area contributed by atoms with E-state index in [1.54, 1.807) is 0 Å². The summed E-state index contributed by atoms with van der Waals surface area (Å²) in [4.78, 5) is 2.38. The van der Waals surface area contributed by atoms with E-state index < -0.39 is 0 Å². The van der Waals surface area contributed by atoms with Crippen LogP contribution in [-0.2, 0) is 6.54 Å². The van der Waals surface area contributed by atoms with Crippen LogP contribution < -0.4 is 5.32 Å². The summed E-state index contributed by atoms with van der Waals surface area (Å²) >= 11 is 0. The quantitative estimate of drug-likeness (QED) is 0.730. The van der Waals surface area contributed by atoms with Gasteiger partial charge < -0.3 is 10.2 Å². The predicted octanol–water partition coefficient (Wildman–Crippen LogP) is 2.81. The number of aryl methyl sites for hydroxylation is 1. The van der Waals surface area contributed by atoms with Crippen molar-refractivity contribution in [2.75, 3.05) is 20.1 Å². The molecule has 0 amide bonds. The van der Waals surface area contributed by atoms with E-state index in [2.05, 4.69) is 62.3 Å². The molecule has 1 rings (SSSR count). The molecule has 0 aliphatic carbocycles. The lowest BCUT2D eigenvalue weighted by atomic mass is 10.1. The maximum Gasteiger partial charge on any atom is 0.0230 e. The highest BCUT2D eigenvalue weighted by atomic mass is 15.1. The molecule has 0 saturated heterocycles. The summed E-state index contributed by atoms with van der Waals surface area (Å²) in [5.41, 5.74) is 2.73. The molecule has 0 fully saturated rings. The lowest BCUT2D eigenvalue weighted by Crippen LogP contribution is -2.27. The van der Waals surface area contributed by atoms with Gasteiger partial charge in [-0.2, -0.15) is 0 Å². The predicted molar refractivity (Wildman–Crippen MR) is 75.3 cm³/mol. The molecule has 0 aliphatic rings. The van der Waals surface area contributed by atoms with Crippen LogP contribution in [0.3, 0.4) is 0 Å². The number of hydrogen-bond acceptors (Lipinski definition) is 2. The molecular weight excluding hydrogens is 208 g/mol. The Morgan fingerprint density at radius 3 is 2.41 bits per heavy atom. The van der Waals surface area contributed by atoms with Gasteiger partial charge in [0.15, 0.2) is 0 Å². The third kappa shape index (κ3) is 6.44. The summed E-state index contributed by atoms with van der Waals surface area (Å²) in [6.07, 6.45) is 1.21. The van der Waals surface area contributed by atoms with Crippen LogP contribution >= 0.6 is 0 Å². The third-order valence-corrected chi connectivity index (χ3v) is 2.84.